The largest absolute Gasteiger partial charge is 0.313 e. The fraction of sp³-hybridized carbons (Fsp3) is 0.200. The van der Waals surface area contributed by atoms with E-state index in [1.807, 2.05) is 18.2 Å². The predicted octanol–water partition coefficient (Wildman–Crippen LogP) is 7.41. The topological polar surface area (TPSA) is 91.4 Å². The molecule has 0 bridgehead atoms. The normalized spacial score (nSPS) is 13.4. The highest BCUT2D eigenvalue weighted by atomic mass is 35.5. The molecule has 0 aliphatic carbocycles. The van der Waals surface area contributed by atoms with Gasteiger partial charge in [0.2, 0.25) is 0 Å². The van der Waals surface area contributed by atoms with Crippen LogP contribution >= 0.6 is 35.1 Å². The smallest absolute Gasteiger partial charge is 0.261 e. The first-order chi connectivity index (χ1) is 19.8. The molecule has 7 nitrogen and oxygen atoms in total. The van der Waals surface area contributed by atoms with Crippen LogP contribution in [-0.2, 0) is 23.0 Å². The van der Waals surface area contributed by atoms with Gasteiger partial charge in [-0.3, -0.25) is 14.4 Å². The van der Waals surface area contributed by atoms with E-state index in [1.165, 1.54) is 28.6 Å². The van der Waals surface area contributed by atoms with Gasteiger partial charge in [-0.1, -0.05) is 25.1 Å². The van der Waals surface area contributed by atoms with Crippen LogP contribution in [-0.4, -0.2) is 37.3 Å². The molecule has 3 aromatic carbocycles. The molecule has 218 valence electrons. The van der Waals surface area contributed by atoms with E-state index in [-0.39, 0.29) is 28.9 Å². The van der Waals surface area contributed by atoms with Crippen molar-refractivity contribution in [2.75, 3.05) is 23.1 Å². The average molecular weight is 643 g/mol. The number of hydrogen-bond acceptors (Lipinski definition) is 7. The number of thiophene rings is 1. The third-order valence-corrected chi connectivity index (χ3v) is 10.5. The Morgan fingerprint density at radius 2 is 1.83 bits per heavy atom. The number of amides is 1. The van der Waals surface area contributed by atoms with Gasteiger partial charge >= 0.3 is 0 Å². The molecule has 5 aromatic rings. The van der Waals surface area contributed by atoms with Crippen molar-refractivity contribution in [3.05, 3.63) is 94.6 Å². The maximum Gasteiger partial charge on any atom is 0.261 e. The minimum Gasteiger partial charge on any atom is -0.313 e. The number of hydrogen-bond donors (Lipinski definition) is 2. The number of fused-ring (bicyclic) bond motifs is 2. The standard InChI is InChI=1S/C30H27FN4O3S3.ClH/c1-2-15-35-16-14-23-26(18-35)40-30(27(23)29-32-24-8-3-4-9-25(24)39-29)33-28(36)19-6-5-7-21(17-19)34-41(37,38)22-12-10-20(31)11-13-22;/h3-13,17,34H,2,14-16,18H2,1H3,(H,33,36);1H. The number of rotatable bonds is 8. The number of thiazole rings is 1. The molecule has 1 aliphatic rings. The summed E-state index contributed by atoms with van der Waals surface area (Å²) < 4.78 is 42.5. The lowest BCUT2D eigenvalue weighted by atomic mass is 10.0. The summed E-state index contributed by atoms with van der Waals surface area (Å²) in [7, 11) is -3.96. The Hall–Kier alpha value is -3.35. The van der Waals surface area contributed by atoms with Gasteiger partial charge in [-0.2, -0.15) is 0 Å². The second kappa shape index (κ2) is 12.5. The number of nitrogens with zero attached hydrogens (tertiary/aromatic N) is 2. The fourth-order valence-corrected chi connectivity index (χ4v) is 8.43. The Bertz CT molecular complexity index is 1820. The molecule has 0 fully saturated rings. The number of carbonyl (C=O) groups is 1. The van der Waals surface area contributed by atoms with Crippen molar-refractivity contribution in [1.82, 2.24) is 9.88 Å². The molecular formula is C30H28ClFN4O3S3. The molecule has 2 N–H and O–H groups in total. The van der Waals surface area contributed by atoms with E-state index in [4.69, 9.17) is 4.98 Å². The van der Waals surface area contributed by atoms with E-state index < -0.39 is 15.8 Å². The van der Waals surface area contributed by atoms with Gasteiger partial charge in [0.1, 0.15) is 15.8 Å². The number of sulfonamides is 1. The molecule has 0 atom stereocenters. The summed E-state index contributed by atoms with van der Waals surface area (Å²) in [4.78, 5) is 22.0. The van der Waals surface area contributed by atoms with Crippen LogP contribution in [0.15, 0.2) is 77.7 Å². The van der Waals surface area contributed by atoms with Crippen LogP contribution in [0.3, 0.4) is 0 Å². The minimum absolute atomic E-state index is 0. The zero-order valence-electron chi connectivity index (χ0n) is 22.6. The molecule has 1 aliphatic heterocycles. The van der Waals surface area contributed by atoms with Crippen molar-refractivity contribution in [3.8, 4) is 10.6 Å². The second-order valence-corrected chi connectivity index (χ2v) is 13.6. The van der Waals surface area contributed by atoms with E-state index in [0.717, 1.165) is 70.4 Å². The van der Waals surface area contributed by atoms with Gasteiger partial charge in [-0.25, -0.2) is 17.8 Å². The molecule has 0 saturated carbocycles. The van der Waals surface area contributed by atoms with E-state index >= 15 is 0 Å². The number of nitrogens with one attached hydrogen (secondary N) is 2. The molecule has 2 aromatic heterocycles. The highest BCUT2D eigenvalue weighted by molar-refractivity contribution is 7.92. The minimum atomic E-state index is -3.96. The summed E-state index contributed by atoms with van der Waals surface area (Å²) in [6.07, 6.45) is 1.96. The molecule has 12 heteroatoms. The summed E-state index contributed by atoms with van der Waals surface area (Å²) in [5, 5.41) is 4.73. The molecule has 0 saturated heterocycles. The van der Waals surface area contributed by atoms with Gasteiger partial charge in [-0.15, -0.1) is 35.1 Å². The van der Waals surface area contributed by atoms with Gasteiger partial charge in [0.05, 0.1) is 15.1 Å². The summed E-state index contributed by atoms with van der Waals surface area (Å²) in [6.45, 7) is 4.99. The number of aromatic nitrogens is 1. The lowest BCUT2D eigenvalue weighted by Gasteiger charge is -2.26. The van der Waals surface area contributed by atoms with Crippen LogP contribution in [0.1, 0.15) is 34.1 Å². The maximum atomic E-state index is 13.5. The first-order valence-corrected chi connectivity index (χ1v) is 16.3. The van der Waals surface area contributed by atoms with Crippen molar-refractivity contribution in [3.63, 3.8) is 0 Å². The number of halogens is 2. The van der Waals surface area contributed by atoms with Crippen LogP contribution in [0.5, 0.6) is 0 Å². The quantitative estimate of drug-likeness (QED) is 0.184. The third-order valence-electron chi connectivity index (χ3n) is 6.91. The van der Waals surface area contributed by atoms with Crippen LogP contribution in [0.4, 0.5) is 15.1 Å². The fourth-order valence-electron chi connectivity index (χ4n) is 4.98. The lowest BCUT2D eigenvalue weighted by Crippen LogP contribution is -2.30. The predicted molar refractivity (Wildman–Crippen MR) is 171 cm³/mol. The van der Waals surface area contributed by atoms with Crippen molar-refractivity contribution in [1.29, 1.82) is 0 Å². The zero-order valence-corrected chi connectivity index (χ0v) is 25.9. The number of anilines is 2. The van der Waals surface area contributed by atoms with E-state index in [9.17, 15) is 17.6 Å². The van der Waals surface area contributed by atoms with Crippen LogP contribution in [0, 0.1) is 5.82 Å². The summed E-state index contributed by atoms with van der Waals surface area (Å²) in [5.74, 6) is -0.875. The molecule has 0 unspecified atom stereocenters. The maximum absolute atomic E-state index is 13.5. The van der Waals surface area contributed by atoms with Gasteiger partial charge in [0.15, 0.2) is 0 Å². The van der Waals surface area contributed by atoms with Crippen molar-refractivity contribution >= 4 is 71.9 Å². The van der Waals surface area contributed by atoms with Crippen LogP contribution in [0.25, 0.3) is 20.8 Å². The van der Waals surface area contributed by atoms with Gasteiger partial charge < -0.3 is 5.32 Å². The average Bonchev–Trinajstić information content (AvgIpc) is 3.53. The van der Waals surface area contributed by atoms with Crippen molar-refractivity contribution in [2.45, 2.75) is 31.2 Å². The summed E-state index contributed by atoms with van der Waals surface area (Å²) >= 11 is 3.20. The van der Waals surface area contributed by atoms with E-state index in [1.54, 1.807) is 40.9 Å². The van der Waals surface area contributed by atoms with E-state index in [2.05, 4.69) is 27.9 Å². The van der Waals surface area contributed by atoms with E-state index in [0.29, 0.717) is 5.56 Å². The van der Waals surface area contributed by atoms with Gasteiger partial charge in [0, 0.05) is 34.8 Å². The molecule has 1 amide bonds. The molecular weight excluding hydrogens is 615 g/mol. The highest BCUT2D eigenvalue weighted by Crippen LogP contribution is 2.45. The number of para-hydroxylation sites is 1. The number of carbonyl (C=O) groups excluding carboxylic acids is 1. The molecule has 42 heavy (non-hydrogen) atoms. The second-order valence-electron chi connectivity index (χ2n) is 9.82. The Balaban J connectivity index is 0.00000353. The summed E-state index contributed by atoms with van der Waals surface area (Å²) in [5.41, 5.74) is 3.67. The zero-order chi connectivity index (χ0) is 28.6. The monoisotopic (exact) mass is 642 g/mol. The number of benzene rings is 3. The SMILES string of the molecule is CCCN1CCc2c(sc(NC(=O)c3cccc(NS(=O)(=O)c4ccc(F)cc4)c3)c2-c2nc3ccccc3s2)C1.Cl. The van der Waals surface area contributed by atoms with Crippen LogP contribution < -0.4 is 10.0 Å². The first kappa shape index (κ1) is 30.1. The highest BCUT2D eigenvalue weighted by Gasteiger charge is 2.28. The Kier molecular flexibility index (Phi) is 8.95. The Labute approximate surface area is 257 Å². The summed E-state index contributed by atoms with van der Waals surface area (Å²) in [6, 6.07) is 18.9. The van der Waals surface area contributed by atoms with Gasteiger partial charge in [-0.05, 0) is 79.5 Å². The Morgan fingerprint density at radius 3 is 2.60 bits per heavy atom. The molecule has 6 rings (SSSR count). The van der Waals surface area contributed by atoms with Crippen molar-refractivity contribution in [2.24, 2.45) is 0 Å². The van der Waals surface area contributed by atoms with Crippen LogP contribution in [0.2, 0.25) is 0 Å². The van der Waals surface area contributed by atoms with Gasteiger partial charge in [0.25, 0.3) is 15.9 Å². The molecule has 3 heterocycles. The first-order valence-electron chi connectivity index (χ1n) is 13.2. The molecule has 0 spiro atoms. The van der Waals surface area contributed by atoms with Crippen molar-refractivity contribution < 1.29 is 17.6 Å². The Morgan fingerprint density at radius 1 is 1.05 bits per heavy atom. The molecule has 0 radical (unpaired) electrons. The lowest BCUT2D eigenvalue weighted by molar-refractivity contribution is 0.102. The third kappa shape index (κ3) is 6.20.